The summed E-state index contributed by atoms with van der Waals surface area (Å²) in [6.45, 7) is 3.96. The molecule has 1 fully saturated rings. The van der Waals surface area contributed by atoms with Crippen molar-refractivity contribution < 1.29 is 14.3 Å². The molecular formula is C12H20O3. The Labute approximate surface area is 91.2 Å². The zero-order valence-corrected chi connectivity index (χ0v) is 9.67. The molecule has 0 heterocycles. The highest BCUT2D eigenvalue weighted by molar-refractivity contribution is 6.03. The second-order valence-corrected chi connectivity index (χ2v) is 4.14. The summed E-state index contributed by atoms with van der Waals surface area (Å²) in [7, 11) is 0. The van der Waals surface area contributed by atoms with Crippen LogP contribution in [0.15, 0.2) is 0 Å². The Bertz CT molecular complexity index is 239. The van der Waals surface area contributed by atoms with Crippen molar-refractivity contribution in [2.75, 3.05) is 6.61 Å². The van der Waals surface area contributed by atoms with E-state index >= 15 is 0 Å². The predicted octanol–water partition coefficient (Wildman–Crippen LogP) is 2.48. The molecule has 0 aromatic heterocycles. The van der Waals surface area contributed by atoms with E-state index in [9.17, 15) is 9.59 Å². The van der Waals surface area contributed by atoms with Gasteiger partial charge in [0.25, 0.3) is 0 Å². The van der Waals surface area contributed by atoms with Gasteiger partial charge in [0.05, 0.1) is 6.61 Å². The summed E-state index contributed by atoms with van der Waals surface area (Å²) in [6.07, 6.45) is 4.84. The molecule has 1 saturated carbocycles. The van der Waals surface area contributed by atoms with Gasteiger partial charge in [0.1, 0.15) is 11.2 Å². The van der Waals surface area contributed by atoms with Crippen molar-refractivity contribution in [3.05, 3.63) is 0 Å². The number of carbonyl (C=O) groups is 2. The maximum Gasteiger partial charge on any atom is 0.319 e. The first kappa shape index (κ1) is 12.2. The van der Waals surface area contributed by atoms with Crippen LogP contribution in [0.1, 0.15) is 52.4 Å². The van der Waals surface area contributed by atoms with Crippen molar-refractivity contribution >= 4 is 11.8 Å². The van der Waals surface area contributed by atoms with Gasteiger partial charge in [0.15, 0.2) is 0 Å². The topological polar surface area (TPSA) is 43.4 Å². The largest absolute Gasteiger partial charge is 0.465 e. The van der Waals surface area contributed by atoms with Crippen molar-refractivity contribution in [3.8, 4) is 0 Å². The smallest absolute Gasteiger partial charge is 0.319 e. The van der Waals surface area contributed by atoms with E-state index in [0.29, 0.717) is 25.9 Å². The van der Waals surface area contributed by atoms with Crippen molar-refractivity contribution in [1.29, 1.82) is 0 Å². The second-order valence-electron chi connectivity index (χ2n) is 4.14. The first-order valence-electron chi connectivity index (χ1n) is 5.88. The van der Waals surface area contributed by atoms with Crippen LogP contribution in [0.25, 0.3) is 0 Å². The van der Waals surface area contributed by atoms with Crippen LogP contribution in [0.2, 0.25) is 0 Å². The fourth-order valence-electron chi connectivity index (χ4n) is 2.36. The van der Waals surface area contributed by atoms with Gasteiger partial charge >= 0.3 is 5.97 Å². The standard InChI is InChI=1S/C12H20O3/c1-3-10(13)12(11(14)15-4-2)8-6-5-7-9-12/h3-9H2,1-2H3. The van der Waals surface area contributed by atoms with E-state index in [1.165, 1.54) is 0 Å². The summed E-state index contributed by atoms with van der Waals surface area (Å²) >= 11 is 0. The van der Waals surface area contributed by atoms with Crippen LogP contribution in [0.3, 0.4) is 0 Å². The third kappa shape index (κ3) is 2.39. The number of Topliss-reactive ketones (excluding diaryl/α,β-unsaturated/α-hetero) is 1. The van der Waals surface area contributed by atoms with Crippen LogP contribution >= 0.6 is 0 Å². The van der Waals surface area contributed by atoms with Gasteiger partial charge in [0.2, 0.25) is 0 Å². The summed E-state index contributed by atoms with van der Waals surface area (Å²) in [5.74, 6) is -0.239. The number of hydrogen-bond donors (Lipinski definition) is 0. The van der Waals surface area contributed by atoms with E-state index in [1.807, 2.05) is 6.92 Å². The maximum absolute atomic E-state index is 11.9. The van der Waals surface area contributed by atoms with Gasteiger partial charge in [-0.2, -0.15) is 0 Å². The van der Waals surface area contributed by atoms with Gasteiger partial charge in [-0.1, -0.05) is 26.2 Å². The third-order valence-electron chi connectivity index (χ3n) is 3.23. The van der Waals surface area contributed by atoms with E-state index in [-0.39, 0.29) is 11.8 Å². The molecule has 0 radical (unpaired) electrons. The van der Waals surface area contributed by atoms with Crippen LogP contribution in [-0.4, -0.2) is 18.4 Å². The SMILES string of the molecule is CCOC(=O)C1(C(=O)CC)CCCCC1. The molecule has 0 aliphatic heterocycles. The highest BCUT2D eigenvalue weighted by atomic mass is 16.5. The fraction of sp³-hybridized carbons (Fsp3) is 0.833. The Morgan fingerprint density at radius 1 is 1.13 bits per heavy atom. The molecule has 0 saturated heterocycles. The number of carbonyl (C=O) groups excluding carboxylic acids is 2. The van der Waals surface area contributed by atoms with Crippen LogP contribution in [0.4, 0.5) is 0 Å². The van der Waals surface area contributed by atoms with E-state index in [0.717, 1.165) is 19.3 Å². The average Bonchev–Trinajstić information content (AvgIpc) is 2.29. The molecule has 0 unspecified atom stereocenters. The molecule has 0 bridgehead atoms. The fourth-order valence-corrected chi connectivity index (χ4v) is 2.36. The van der Waals surface area contributed by atoms with Crippen molar-refractivity contribution in [2.45, 2.75) is 52.4 Å². The third-order valence-corrected chi connectivity index (χ3v) is 3.23. The van der Waals surface area contributed by atoms with Gasteiger partial charge in [-0.25, -0.2) is 0 Å². The minimum absolute atomic E-state index is 0.0562. The molecule has 15 heavy (non-hydrogen) atoms. The quantitative estimate of drug-likeness (QED) is 0.531. The molecule has 1 rings (SSSR count). The molecule has 0 aromatic carbocycles. The lowest BCUT2D eigenvalue weighted by Gasteiger charge is -2.33. The summed E-state index contributed by atoms with van der Waals surface area (Å²) < 4.78 is 5.05. The zero-order valence-electron chi connectivity index (χ0n) is 9.67. The Balaban J connectivity index is 2.84. The maximum atomic E-state index is 11.9. The number of hydrogen-bond acceptors (Lipinski definition) is 3. The summed E-state index contributed by atoms with van der Waals surface area (Å²) in [4.78, 5) is 23.8. The normalized spacial score (nSPS) is 19.6. The molecule has 3 nitrogen and oxygen atoms in total. The van der Waals surface area contributed by atoms with Crippen LogP contribution < -0.4 is 0 Å². The lowest BCUT2D eigenvalue weighted by molar-refractivity contribution is -0.162. The molecule has 1 aliphatic rings. The molecule has 0 atom stereocenters. The lowest BCUT2D eigenvalue weighted by atomic mass is 9.70. The van der Waals surface area contributed by atoms with Crippen LogP contribution in [0, 0.1) is 5.41 Å². The minimum Gasteiger partial charge on any atom is -0.465 e. The molecular weight excluding hydrogens is 192 g/mol. The van der Waals surface area contributed by atoms with Crippen molar-refractivity contribution in [3.63, 3.8) is 0 Å². The Morgan fingerprint density at radius 2 is 1.73 bits per heavy atom. The van der Waals surface area contributed by atoms with Crippen LogP contribution in [0.5, 0.6) is 0 Å². The highest BCUT2D eigenvalue weighted by Gasteiger charge is 2.46. The van der Waals surface area contributed by atoms with Gasteiger partial charge in [-0.15, -0.1) is 0 Å². The number of rotatable bonds is 4. The van der Waals surface area contributed by atoms with Gasteiger partial charge in [0, 0.05) is 6.42 Å². The van der Waals surface area contributed by atoms with E-state index in [4.69, 9.17) is 4.74 Å². The Hall–Kier alpha value is -0.860. The molecule has 0 spiro atoms. The first-order valence-corrected chi connectivity index (χ1v) is 5.88. The van der Waals surface area contributed by atoms with Crippen molar-refractivity contribution in [2.24, 2.45) is 5.41 Å². The highest BCUT2D eigenvalue weighted by Crippen LogP contribution is 2.39. The van der Waals surface area contributed by atoms with E-state index in [1.54, 1.807) is 6.92 Å². The zero-order chi connectivity index (χ0) is 11.3. The number of ketones is 1. The first-order chi connectivity index (χ1) is 7.17. The van der Waals surface area contributed by atoms with Gasteiger partial charge in [-0.3, -0.25) is 9.59 Å². The second kappa shape index (κ2) is 5.29. The van der Waals surface area contributed by atoms with Gasteiger partial charge < -0.3 is 4.74 Å². The lowest BCUT2D eigenvalue weighted by Crippen LogP contribution is -2.42. The number of esters is 1. The molecule has 0 amide bonds. The van der Waals surface area contributed by atoms with E-state index < -0.39 is 5.41 Å². The van der Waals surface area contributed by atoms with Crippen LogP contribution in [-0.2, 0) is 14.3 Å². The van der Waals surface area contributed by atoms with Gasteiger partial charge in [-0.05, 0) is 19.8 Å². The predicted molar refractivity (Wildman–Crippen MR) is 57.4 cm³/mol. The molecule has 3 heteroatoms. The summed E-state index contributed by atoms with van der Waals surface area (Å²) in [5.41, 5.74) is -0.803. The number of ether oxygens (including phenoxy) is 1. The average molecular weight is 212 g/mol. The van der Waals surface area contributed by atoms with E-state index in [2.05, 4.69) is 0 Å². The Kier molecular flexibility index (Phi) is 4.30. The summed E-state index contributed by atoms with van der Waals surface area (Å²) in [6, 6.07) is 0. The summed E-state index contributed by atoms with van der Waals surface area (Å²) in [5, 5.41) is 0. The molecule has 0 aromatic rings. The molecule has 86 valence electrons. The molecule has 0 N–H and O–H groups in total. The molecule has 1 aliphatic carbocycles. The minimum atomic E-state index is -0.803. The monoisotopic (exact) mass is 212 g/mol. The Morgan fingerprint density at radius 3 is 2.20 bits per heavy atom. The van der Waals surface area contributed by atoms with Crippen molar-refractivity contribution in [1.82, 2.24) is 0 Å².